The summed E-state index contributed by atoms with van der Waals surface area (Å²) in [6, 6.07) is 6.91. The molecule has 1 aliphatic heterocycles. The first-order valence-electron chi connectivity index (χ1n) is 4.83. The summed E-state index contributed by atoms with van der Waals surface area (Å²) < 4.78 is 0. The number of urea groups is 1. The molecule has 4 nitrogen and oxygen atoms in total. The summed E-state index contributed by atoms with van der Waals surface area (Å²) in [5.41, 5.74) is 3.73. The van der Waals surface area contributed by atoms with Crippen LogP contribution in [0.5, 0.6) is 0 Å². The minimum Gasteiger partial charge on any atom is -0.307 e. The Morgan fingerprint density at radius 1 is 1.40 bits per heavy atom. The Hall–Kier alpha value is -1.26. The molecule has 0 atom stereocenters. The van der Waals surface area contributed by atoms with Crippen LogP contribution in [0.25, 0.3) is 0 Å². The number of carbonyl (C=O) groups is 1. The lowest BCUT2D eigenvalue weighted by Gasteiger charge is -2.16. The van der Waals surface area contributed by atoms with Gasteiger partial charge in [0.15, 0.2) is 0 Å². The number of amides is 2. The molecule has 1 aromatic rings. The Balaban J connectivity index is 1.96. The smallest absolute Gasteiger partial charge is 0.307 e. The van der Waals surface area contributed by atoms with E-state index in [0.29, 0.717) is 5.02 Å². The van der Waals surface area contributed by atoms with Crippen LogP contribution in [-0.4, -0.2) is 24.1 Å². The lowest BCUT2D eigenvalue weighted by atomic mass is 10.3. The number of rotatable bonds is 1. The summed E-state index contributed by atoms with van der Waals surface area (Å²) in [5.74, 6) is 0. The lowest BCUT2D eigenvalue weighted by Crippen LogP contribution is -2.39. The molecular weight excluding hydrogens is 214 g/mol. The highest BCUT2D eigenvalue weighted by Gasteiger charge is 2.16. The molecule has 80 valence electrons. The second-order valence-corrected chi connectivity index (χ2v) is 3.79. The standard InChI is InChI=1S/C10H12ClN3O/c11-8-2-4-9(5-3-8)13-10(15)14-7-1-6-12-14/h2-5,12H,1,6-7H2,(H,13,15). The van der Waals surface area contributed by atoms with Gasteiger partial charge < -0.3 is 5.32 Å². The Kier molecular flexibility index (Phi) is 3.08. The largest absolute Gasteiger partial charge is 0.336 e. The summed E-state index contributed by atoms with van der Waals surface area (Å²) in [6.07, 6.45) is 0.994. The van der Waals surface area contributed by atoms with Crippen molar-refractivity contribution in [2.75, 3.05) is 18.4 Å². The number of nitrogens with zero attached hydrogens (tertiary/aromatic N) is 1. The normalized spacial score (nSPS) is 15.4. The van der Waals surface area contributed by atoms with Crippen molar-refractivity contribution in [3.05, 3.63) is 29.3 Å². The van der Waals surface area contributed by atoms with E-state index in [2.05, 4.69) is 10.7 Å². The zero-order valence-electron chi connectivity index (χ0n) is 8.16. The summed E-state index contributed by atoms with van der Waals surface area (Å²) in [6.45, 7) is 1.60. The number of carbonyl (C=O) groups excluding carboxylic acids is 1. The first-order valence-corrected chi connectivity index (χ1v) is 5.21. The van der Waals surface area contributed by atoms with Crippen molar-refractivity contribution < 1.29 is 4.79 Å². The number of hydrogen-bond acceptors (Lipinski definition) is 2. The Bertz CT molecular complexity index is 346. The SMILES string of the molecule is O=C(Nc1ccc(Cl)cc1)N1CCCN1. The van der Waals surface area contributed by atoms with Crippen LogP contribution in [0.1, 0.15) is 6.42 Å². The van der Waals surface area contributed by atoms with Crippen LogP contribution in [0.2, 0.25) is 5.02 Å². The van der Waals surface area contributed by atoms with Gasteiger partial charge in [-0.15, -0.1) is 0 Å². The molecule has 0 aliphatic carbocycles. The Labute approximate surface area is 93.2 Å². The quantitative estimate of drug-likeness (QED) is 0.769. The number of nitrogens with one attached hydrogen (secondary N) is 2. The van der Waals surface area contributed by atoms with E-state index in [9.17, 15) is 4.79 Å². The molecule has 5 heteroatoms. The molecule has 1 aliphatic rings. The van der Waals surface area contributed by atoms with Gasteiger partial charge in [0.2, 0.25) is 0 Å². The maximum absolute atomic E-state index is 11.6. The lowest BCUT2D eigenvalue weighted by molar-refractivity contribution is 0.205. The second kappa shape index (κ2) is 4.51. The topological polar surface area (TPSA) is 44.4 Å². The number of anilines is 1. The van der Waals surface area contributed by atoms with E-state index in [1.165, 1.54) is 0 Å². The van der Waals surface area contributed by atoms with Gasteiger partial charge in [-0.2, -0.15) is 0 Å². The molecule has 0 unspecified atom stereocenters. The summed E-state index contributed by atoms with van der Waals surface area (Å²) in [5, 5.41) is 5.01. The first-order chi connectivity index (χ1) is 7.25. The van der Waals surface area contributed by atoms with Crippen LogP contribution in [0, 0.1) is 0 Å². The second-order valence-electron chi connectivity index (χ2n) is 3.35. The van der Waals surface area contributed by atoms with E-state index in [1.807, 2.05) is 0 Å². The number of benzene rings is 1. The van der Waals surface area contributed by atoms with E-state index in [4.69, 9.17) is 11.6 Å². The van der Waals surface area contributed by atoms with E-state index < -0.39 is 0 Å². The minimum absolute atomic E-state index is 0.130. The molecule has 2 N–H and O–H groups in total. The third kappa shape index (κ3) is 2.61. The molecule has 0 radical (unpaired) electrons. The Morgan fingerprint density at radius 3 is 2.73 bits per heavy atom. The van der Waals surface area contributed by atoms with Crippen molar-refractivity contribution in [1.29, 1.82) is 0 Å². The monoisotopic (exact) mass is 225 g/mol. The van der Waals surface area contributed by atoms with Crippen molar-refractivity contribution in [3.63, 3.8) is 0 Å². The molecule has 1 aromatic carbocycles. The summed E-state index contributed by atoms with van der Waals surface area (Å²) >= 11 is 5.74. The zero-order chi connectivity index (χ0) is 10.7. The molecule has 0 aromatic heterocycles. The molecule has 1 fully saturated rings. The summed E-state index contributed by atoms with van der Waals surface area (Å²) in [7, 11) is 0. The molecule has 1 saturated heterocycles. The fraction of sp³-hybridized carbons (Fsp3) is 0.300. The van der Waals surface area contributed by atoms with Gasteiger partial charge in [-0.1, -0.05) is 11.6 Å². The molecular formula is C10H12ClN3O. The molecule has 0 bridgehead atoms. The average molecular weight is 226 g/mol. The highest BCUT2D eigenvalue weighted by molar-refractivity contribution is 6.30. The minimum atomic E-state index is -0.130. The van der Waals surface area contributed by atoms with Gasteiger partial charge in [-0.25, -0.2) is 10.2 Å². The number of halogens is 1. The van der Waals surface area contributed by atoms with Crippen LogP contribution in [-0.2, 0) is 0 Å². The number of hydrogen-bond donors (Lipinski definition) is 2. The molecule has 2 rings (SSSR count). The van der Waals surface area contributed by atoms with Gasteiger partial charge in [-0.05, 0) is 30.7 Å². The molecule has 0 saturated carbocycles. The average Bonchev–Trinajstić information content (AvgIpc) is 2.74. The van der Waals surface area contributed by atoms with E-state index >= 15 is 0 Å². The van der Waals surface area contributed by atoms with E-state index in [1.54, 1.807) is 29.3 Å². The van der Waals surface area contributed by atoms with Gasteiger partial charge in [-0.3, -0.25) is 5.01 Å². The predicted molar refractivity (Wildman–Crippen MR) is 59.8 cm³/mol. The highest BCUT2D eigenvalue weighted by atomic mass is 35.5. The maximum Gasteiger partial charge on any atom is 0.336 e. The third-order valence-electron chi connectivity index (χ3n) is 2.20. The first kappa shape index (κ1) is 10.3. The maximum atomic E-state index is 11.6. The third-order valence-corrected chi connectivity index (χ3v) is 2.45. The van der Waals surface area contributed by atoms with Crippen LogP contribution in [0.3, 0.4) is 0 Å². The fourth-order valence-electron chi connectivity index (χ4n) is 1.43. The Morgan fingerprint density at radius 2 is 2.13 bits per heavy atom. The highest BCUT2D eigenvalue weighted by Crippen LogP contribution is 2.13. The van der Waals surface area contributed by atoms with Crippen molar-refractivity contribution >= 4 is 23.3 Å². The molecule has 15 heavy (non-hydrogen) atoms. The fourth-order valence-corrected chi connectivity index (χ4v) is 1.55. The van der Waals surface area contributed by atoms with Gasteiger partial charge in [0, 0.05) is 23.8 Å². The zero-order valence-corrected chi connectivity index (χ0v) is 8.92. The van der Waals surface area contributed by atoms with Crippen LogP contribution in [0.4, 0.5) is 10.5 Å². The van der Waals surface area contributed by atoms with E-state index in [0.717, 1.165) is 25.2 Å². The summed E-state index contributed by atoms with van der Waals surface area (Å²) in [4.78, 5) is 11.6. The van der Waals surface area contributed by atoms with Crippen molar-refractivity contribution in [2.45, 2.75) is 6.42 Å². The van der Waals surface area contributed by atoms with Crippen molar-refractivity contribution in [3.8, 4) is 0 Å². The molecule has 1 heterocycles. The number of hydrazine groups is 1. The molecule has 0 spiro atoms. The van der Waals surface area contributed by atoms with Crippen molar-refractivity contribution in [2.24, 2.45) is 0 Å². The van der Waals surface area contributed by atoms with Gasteiger partial charge in [0.1, 0.15) is 0 Å². The van der Waals surface area contributed by atoms with Crippen LogP contribution >= 0.6 is 11.6 Å². The van der Waals surface area contributed by atoms with Gasteiger partial charge in [0.25, 0.3) is 0 Å². The van der Waals surface area contributed by atoms with Crippen LogP contribution in [0.15, 0.2) is 24.3 Å². The van der Waals surface area contributed by atoms with Crippen molar-refractivity contribution in [1.82, 2.24) is 10.4 Å². The van der Waals surface area contributed by atoms with Gasteiger partial charge in [0.05, 0.1) is 0 Å². The van der Waals surface area contributed by atoms with Gasteiger partial charge >= 0.3 is 6.03 Å². The van der Waals surface area contributed by atoms with Crippen LogP contribution < -0.4 is 10.7 Å². The molecule has 2 amide bonds. The van der Waals surface area contributed by atoms with E-state index in [-0.39, 0.29) is 6.03 Å². The predicted octanol–water partition coefficient (Wildman–Crippen LogP) is 2.08.